The minimum absolute atomic E-state index is 0.0364. The second-order valence-electron chi connectivity index (χ2n) is 8.90. The van der Waals surface area contributed by atoms with Crippen molar-refractivity contribution in [3.05, 3.63) is 58.5 Å². The number of aromatic nitrogens is 2. The molecule has 4 unspecified atom stereocenters. The van der Waals surface area contributed by atoms with Gasteiger partial charge in [-0.2, -0.15) is 0 Å². The summed E-state index contributed by atoms with van der Waals surface area (Å²) < 4.78 is 3.18. The number of carbonyl (C=O) groups is 3. The van der Waals surface area contributed by atoms with Gasteiger partial charge in [0.1, 0.15) is 5.69 Å². The first-order valence-electron chi connectivity index (χ1n) is 11.1. The first kappa shape index (κ1) is 20.5. The number of amides is 3. The average molecular weight is 434 g/mol. The van der Waals surface area contributed by atoms with E-state index in [0.29, 0.717) is 11.4 Å². The zero-order valence-corrected chi connectivity index (χ0v) is 18.2. The Morgan fingerprint density at radius 2 is 1.59 bits per heavy atom. The van der Waals surface area contributed by atoms with Crippen molar-refractivity contribution in [2.24, 2.45) is 30.7 Å². The van der Waals surface area contributed by atoms with E-state index in [1.165, 1.54) is 9.58 Å². The molecule has 0 radical (unpaired) electrons. The summed E-state index contributed by atoms with van der Waals surface area (Å²) in [6, 6.07) is 9.18. The highest BCUT2D eigenvalue weighted by Crippen LogP contribution is 2.49. The van der Waals surface area contributed by atoms with Crippen molar-refractivity contribution in [2.45, 2.75) is 26.2 Å². The molecule has 1 saturated heterocycles. The van der Waals surface area contributed by atoms with Gasteiger partial charge in [0.15, 0.2) is 0 Å². The summed E-state index contributed by atoms with van der Waals surface area (Å²) in [4.78, 5) is 52.7. The lowest BCUT2D eigenvalue weighted by atomic mass is 9.63. The molecule has 8 nitrogen and oxygen atoms in total. The molecule has 4 atom stereocenters. The second-order valence-corrected chi connectivity index (χ2v) is 8.90. The largest absolute Gasteiger partial charge is 0.320 e. The zero-order chi connectivity index (χ0) is 22.6. The third kappa shape index (κ3) is 3.04. The smallest absolute Gasteiger partial charge is 0.295 e. The van der Waals surface area contributed by atoms with Crippen LogP contribution in [0, 0.1) is 30.6 Å². The second kappa shape index (κ2) is 7.62. The molecular formula is C24H26N4O4. The fraction of sp³-hybridized carbons (Fsp3) is 0.417. The molecule has 1 aromatic carbocycles. The summed E-state index contributed by atoms with van der Waals surface area (Å²) >= 11 is 0. The third-order valence-corrected chi connectivity index (χ3v) is 7.23. The van der Waals surface area contributed by atoms with Crippen molar-refractivity contribution in [3.63, 3.8) is 0 Å². The van der Waals surface area contributed by atoms with E-state index in [1.54, 1.807) is 18.7 Å². The number of nitrogens with one attached hydrogen (secondary N) is 1. The number of rotatable bonds is 5. The van der Waals surface area contributed by atoms with E-state index < -0.39 is 5.91 Å². The van der Waals surface area contributed by atoms with Gasteiger partial charge in [-0.1, -0.05) is 30.4 Å². The van der Waals surface area contributed by atoms with Crippen LogP contribution in [-0.2, 0) is 21.4 Å². The highest BCUT2D eigenvalue weighted by Gasteiger charge is 2.56. The number of hydrogen-bond donors (Lipinski definition) is 1. The fourth-order valence-electron chi connectivity index (χ4n) is 5.48. The van der Waals surface area contributed by atoms with E-state index in [2.05, 4.69) is 17.5 Å². The lowest BCUT2D eigenvalue weighted by molar-refractivity contribution is -0.140. The lowest BCUT2D eigenvalue weighted by Gasteiger charge is -2.38. The summed E-state index contributed by atoms with van der Waals surface area (Å²) in [6.45, 7) is 1.80. The number of anilines is 1. The Morgan fingerprint density at radius 1 is 1.00 bits per heavy atom. The maximum Gasteiger partial charge on any atom is 0.295 e. The highest BCUT2D eigenvalue weighted by atomic mass is 16.2. The number of carbonyl (C=O) groups excluding carboxylic acids is 3. The predicted molar refractivity (Wildman–Crippen MR) is 118 cm³/mol. The Balaban J connectivity index is 1.29. The van der Waals surface area contributed by atoms with E-state index in [1.807, 2.05) is 30.3 Å². The predicted octanol–water partition coefficient (Wildman–Crippen LogP) is 2.01. The topological polar surface area (TPSA) is 93.4 Å². The Kier molecular flexibility index (Phi) is 4.87. The standard InChI is InChI=1S/C24H26N4O4/c1-14-21(24(32)28(26(14)2)17-6-4-3-5-7-17)25-18(29)12-13-27-22(30)19-15-8-9-16(11-10-15)20(19)23(27)31/h3-9,15-16,19-20H,10-13H2,1-2H3,(H,25,29). The van der Waals surface area contributed by atoms with Crippen molar-refractivity contribution < 1.29 is 14.4 Å². The Labute approximate surface area is 185 Å². The maximum atomic E-state index is 13.0. The summed E-state index contributed by atoms with van der Waals surface area (Å²) in [7, 11) is 1.75. The van der Waals surface area contributed by atoms with Crippen LogP contribution in [0.4, 0.5) is 5.69 Å². The van der Waals surface area contributed by atoms with Gasteiger partial charge in [0.05, 0.1) is 23.2 Å². The average Bonchev–Trinajstić information content (AvgIpc) is 3.19. The number of fused-ring (bicyclic) bond motifs is 1. The van der Waals surface area contributed by atoms with Crippen LogP contribution in [0.3, 0.4) is 0 Å². The molecule has 3 aliphatic carbocycles. The number of allylic oxidation sites excluding steroid dienone is 2. The molecular weight excluding hydrogens is 408 g/mol. The third-order valence-electron chi connectivity index (χ3n) is 7.23. The van der Waals surface area contributed by atoms with Crippen molar-refractivity contribution in [1.82, 2.24) is 14.3 Å². The number of likely N-dealkylation sites (tertiary alicyclic amines) is 1. The zero-order valence-electron chi connectivity index (χ0n) is 18.2. The van der Waals surface area contributed by atoms with Crippen LogP contribution >= 0.6 is 0 Å². The molecule has 1 saturated carbocycles. The Morgan fingerprint density at radius 3 is 2.16 bits per heavy atom. The van der Waals surface area contributed by atoms with Gasteiger partial charge in [-0.3, -0.25) is 28.8 Å². The van der Waals surface area contributed by atoms with Crippen molar-refractivity contribution in [2.75, 3.05) is 11.9 Å². The van der Waals surface area contributed by atoms with E-state index in [0.717, 1.165) is 12.8 Å². The van der Waals surface area contributed by atoms with Gasteiger partial charge >= 0.3 is 0 Å². The molecule has 3 amide bonds. The molecule has 166 valence electrons. The summed E-state index contributed by atoms with van der Waals surface area (Å²) in [5.74, 6) is -1.00. The number of hydrogen-bond acceptors (Lipinski definition) is 4. The van der Waals surface area contributed by atoms with Gasteiger partial charge < -0.3 is 5.32 Å². The van der Waals surface area contributed by atoms with Crippen molar-refractivity contribution in [1.29, 1.82) is 0 Å². The van der Waals surface area contributed by atoms with Crippen LogP contribution < -0.4 is 10.9 Å². The molecule has 32 heavy (non-hydrogen) atoms. The SMILES string of the molecule is Cc1c(NC(=O)CCN2C(=O)C3C4C=CC(CC4)C3C2=O)c(=O)n(-c2ccccc2)n1C. The summed E-state index contributed by atoms with van der Waals surface area (Å²) in [6.07, 6.45) is 5.99. The molecule has 2 fully saturated rings. The molecule has 1 aliphatic heterocycles. The van der Waals surface area contributed by atoms with Crippen LogP contribution in [0.2, 0.25) is 0 Å². The molecule has 8 heteroatoms. The molecule has 0 spiro atoms. The van der Waals surface area contributed by atoms with Gasteiger partial charge in [0, 0.05) is 20.0 Å². The molecule has 2 bridgehead atoms. The number of benzene rings is 1. The van der Waals surface area contributed by atoms with Gasteiger partial charge in [-0.15, -0.1) is 0 Å². The van der Waals surface area contributed by atoms with Crippen LogP contribution in [0.1, 0.15) is 25.0 Å². The van der Waals surface area contributed by atoms with Gasteiger partial charge in [-0.05, 0) is 43.7 Å². The molecule has 1 N–H and O–H groups in total. The highest BCUT2D eigenvalue weighted by molar-refractivity contribution is 6.06. The first-order chi connectivity index (χ1) is 15.4. The van der Waals surface area contributed by atoms with Crippen LogP contribution in [0.15, 0.2) is 47.3 Å². The Bertz CT molecular complexity index is 1160. The van der Waals surface area contributed by atoms with Gasteiger partial charge in [0.2, 0.25) is 17.7 Å². The van der Waals surface area contributed by atoms with E-state index >= 15 is 0 Å². The van der Waals surface area contributed by atoms with Crippen LogP contribution in [-0.4, -0.2) is 38.5 Å². The van der Waals surface area contributed by atoms with Crippen molar-refractivity contribution >= 4 is 23.4 Å². The molecule has 6 rings (SSSR count). The fourth-order valence-corrected chi connectivity index (χ4v) is 5.48. The van der Waals surface area contributed by atoms with Gasteiger partial charge in [0.25, 0.3) is 5.56 Å². The molecule has 4 aliphatic rings. The normalized spacial score (nSPS) is 26.0. The quantitative estimate of drug-likeness (QED) is 0.576. The molecule has 2 heterocycles. The first-order valence-corrected chi connectivity index (χ1v) is 11.1. The monoisotopic (exact) mass is 434 g/mol. The summed E-state index contributed by atoms with van der Waals surface area (Å²) in [5.41, 5.74) is 1.19. The molecule has 1 aromatic heterocycles. The minimum Gasteiger partial charge on any atom is -0.320 e. The van der Waals surface area contributed by atoms with Crippen molar-refractivity contribution in [3.8, 4) is 5.69 Å². The maximum absolute atomic E-state index is 13.0. The van der Waals surface area contributed by atoms with Crippen LogP contribution in [0.25, 0.3) is 5.69 Å². The summed E-state index contributed by atoms with van der Waals surface area (Å²) in [5, 5.41) is 2.70. The lowest BCUT2D eigenvalue weighted by Crippen LogP contribution is -2.38. The van der Waals surface area contributed by atoms with Crippen LogP contribution in [0.5, 0.6) is 0 Å². The number of para-hydroxylation sites is 1. The minimum atomic E-state index is -0.396. The number of nitrogens with zero attached hydrogens (tertiary/aromatic N) is 3. The Hall–Kier alpha value is -3.42. The number of imide groups is 1. The van der Waals surface area contributed by atoms with E-state index in [9.17, 15) is 19.2 Å². The molecule has 2 aromatic rings. The van der Waals surface area contributed by atoms with E-state index in [4.69, 9.17) is 0 Å². The van der Waals surface area contributed by atoms with E-state index in [-0.39, 0.29) is 59.7 Å². The van der Waals surface area contributed by atoms with Gasteiger partial charge in [-0.25, -0.2) is 4.68 Å².